The van der Waals surface area contributed by atoms with Gasteiger partial charge in [-0.15, -0.1) is 0 Å². The molecule has 3 heterocycles. The molecule has 1 amide bonds. The lowest BCUT2D eigenvalue weighted by Crippen LogP contribution is -2.29. The Morgan fingerprint density at radius 2 is 1.85 bits per heavy atom. The van der Waals surface area contributed by atoms with E-state index in [0.29, 0.717) is 11.2 Å². The number of amides is 1. The number of carbonyl (C=O) groups excluding carboxylic acids is 1. The highest BCUT2D eigenvalue weighted by molar-refractivity contribution is 6.00. The summed E-state index contributed by atoms with van der Waals surface area (Å²) in [5.41, 5.74) is 5.07. The van der Waals surface area contributed by atoms with Crippen molar-refractivity contribution in [2.75, 3.05) is 0 Å². The van der Waals surface area contributed by atoms with E-state index in [2.05, 4.69) is 20.4 Å². The fourth-order valence-electron chi connectivity index (χ4n) is 3.14. The van der Waals surface area contributed by atoms with E-state index >= 15 is 0 Å². The molecule has 0 saturated heterocycles. The number of nitrogens with zero attached hydrogens (tertiary/aromatic N) is 4. The SMILES string of the molecule is Cc1cnc2c(C(=O)NC(c3ccncc3)c3ccccc3C)cnn2c1. The Bertz CT molecular complexity index is 1100. The first-order chi connectivity index (χ1) is 13.1. The Kier molecular flexibility index (Phi) is 4.38. The van der Waals surface area contributed by atoms with Crippen LogP contribution >= 0.6 is 0 Å². The Labute approximate surface area is 156 Å². The van der Waals surface area contributed by atoms with Crippen molar-refractivity contribution in [3.63, 3.8) is 0 Å². The van der Waals surface area contributed by atoms with E-state index in [0.717, 1.165) is 22.3 Å². The van der Waals surface area contributed by atoms with Crippen molar-refractivity contribution in [3.8, 4) is 0 Å². The lowest BCUT2D eigenvalue weighted by atomic mass is 9.95. The van der Waals surface area contributed by atoms with E-state index in [9.17, 15) is 4.79 Å². The first-order valence-electron chi connectivity index (χ1n) is 8.70. The van der Waals surface area contributed by atoms with Crippen molar-refractivity contribution < 1.29 is 4.79 Å². The van der Waals surface area contributed by atoms with Gasteiger partial charge in [0.1, 0.15) is 5.56 Å². The van der Waals surface area contributed by atoms with Crippen LogP contribution in [0.5, 0.6) is 0 Å². The molecular weight excluding hydrogens is 338 g/mol. The summed E-state index contributed by atoms with van der Waals surface area (Å²) in [6, 6.07) is 11.6. The van der Waals surface area contributed by atoms with E-state index in [-0.39, 0.29) is 11.9 Å². The summed E-state index contributed by atoms with van der Waals surface area (Å²) in [5, 5.41) is 7.39. The Morgan fingerprint density at radius 1 is 1.07 bits per heavy atom. The van der Waals surface area contributed by atoms with Gasteiger partial charge in [0.25, 0.3) is 5.91 Å². The molecule has 6 heteroatoms. The Hall–Kier alpha value is -3.54. The van der Waals surface area contributed by atoms with E-state index < -0.39 is 0 Å². The summed E-state index contributed by atoms with van der Waals surface area (Å²) < 4.78 is 1.62. The van der Waals surface area contributed by atoms with Crippen LogP contribution in [0.15, 0.2) is 67.4 Å². The van der Waals surface area contributed by atoms with Crippen LogP contribution in [0, 0.1) is 13.8 Å². The topological polar surface area (TPSA) is 72.2 Å². The van der Waals surface area contributed by atoms with Gasteiger partial charge in [0.2, 0.25) is 0 Å². The van der Waals surface area contributed by atoms with Gasteiger partial charge < -0.3 is 5.32 Å². The number of rotatable bonds is 4. The lowest BCUT2D eigenvalue weighted by molar-refractivity contribution is 0.0944. The number of pyridine rings is 1. The van der Waals surface area contributed by atoms with E-state index in [1.54, 1.807) is 29.3 Å². The molecule has 0 bridgehead atoms. The molecule has 0 saturated carbocycles. The third kappa shape index (κ3) is 3.29. The van der Waals surface area contributed by atoms with Crippen LogP contribution in [-0.4, -0.2) is 25.5 Å². The third-order valence-corrected chi connectivity index (χ3v) is 4.54. The Balaban J connectivity index is 1.73. The number of carbonyl (C=O) groups is 1. The number of nitrogens with one attached hydrogen (secondary N) is 1. The summed E-state index contributed by atoms with van der Waals surface area (Å²) in [7, 11) is 0. The highest BCUT2D eigenvalue weighted by atomic mass is 16.1. The summed E-state index contributed by atoms with van der Waals surface area (Å²) in [4.78, 5) is 21.5. The lowest BCUT2D eigenvalue weighted by Gasteiger charge is -2.21. The number of fused-ring (bicyclic) bond motifs is 1. The molecule has 27 heavy (non-hydrogen) atoms. The molecule has 1 unspecified atom stereocenters. The molecule has 1 atom stereocenters. The predicted molar refractivity (Wildman–Crippen MR) is 102 cm³/mol. The summed E-state index contributed by atoms with van der Waals surface area (Å²) >= 11 is 0. The molecule has 134 valence electrons. The molecule has 0 aliphatic rings. The maximum absolute atomic E-state index is 13.1. The number of hydrogen-bond acceptors (Lipinski definition) is 4. The van der Waals surface area contributed by atoms with E-state index in [1.165, 1.54) is 0 Å². The van der Waals surface area contributed by atoms with Crippen molar-refractivity contribution in [1.29, 1.82) is 0 Å². The molecule has 0 spiro atoms. The van der Waals surface area contributed by atoms with Crippen LogP contribution in [0.2, 0.25) is 0 Å². The highest BCUT2D eigenvalue weighted by Gasteiger charge is 2.22. The monoisotopic (exact) mass is 357 g/mol. The molecule has 4 rings (SSSR count). The molecule has 0 aliphatic heterocycles. The molecule has 0 radical (unpaired) electrons. The largest absolute Gasteiger partial charge is 0.341 e. The van der Waals surface area contributed by atoms with Gasteiger partial charge in [-0.05, 0) is 48.2 Å². The molecule has 1 aromatic carbocycles. The zero-order valence-corrected chi connectivity index (χ0v) is 15.1. The second kappa shape index (κ2) is 6.99. The minimum atomic E-state index is -0.290. The maximum atomic E-state index is 13.1. The van der Waals surface area contributed by atoms with Crippen LogP contribution in [0.4, 0.5) is 0 Å². The van der Waals surface area contributed by atoms with Gasteiger partial charge in [-0.25, -0.2) is 9.50 Å². The quantitative estimate of drug-likeness (QED) is 0.608. The van der Waals surface area contributed by atoms with Crippen molar-refractivity contribution in [2.45, 2.75) is 19.9 Å². The smallest absolute Gasteiger partial charge is 0.257 e. The first kappa shape index (κ1) is 16.9. The molecule has 4 aromatic rings. The normalized spacial score (nSPS) is 12.1. The van der Waals surface area contributed by atoms with Crippen LogP contribution in [0.25, 0.3) is 5.65 Å². The molecule has 1 N–H and O–H groups in total. The van der Waals surface area contributed by atoms with E-state index in [4.69, 9.17) is 0 Å². The van der Waals surface area contributed by atoms with Crippen LogP contribution in [0.3, 0.4) is 0 Å². The van der Waals surface area contributed by atoms with Crippen molar-refractivity contribution in [1.82, 2.24) is 24.9 Å². The first-order valence-corrected chi connectivity index (χ1v) is 8.70. The molecular formula is C21H19N5O. The van der Waals surface area contributed by atoms with Gasteiger partial charge in [-0.3, -0.25) is 9.78 Å². The predicted octanol–water partition coefficient (Wildman–Crippen LogP) is 3.26. The fourth-order valence-corrected chi connectivity index (χ4v) is 3.14. The van der Waals surface area contributed by atoms with E-state index in [1.807, 2.05) is 56.4 Å². The van der Waals surface area contributed by atoms with Crippen molar-refractivity contribution in [2.24, 2.45) is 0 Å². The van der Waals surface area contributed by atoms with Gasteiger partial charge in [-0.1, -0.05) is 24.3 Å². The molecule has 0 fully saturated rings. The zero-order chi connectivity index (χ0) is 18.8. The zero-order valence-electron chi connectivity index (χ0n) is 15.1. The third-order valence-electron chi connectivity index (χ3n) is 4.54. The average molecular weight is 357 g/mol. The summed E-state index contributed by atoms with van der Waals surface area (Å²) in [6.45, 7) is 3.97. The van der Waals surface area contributed by atoms with Crippen LogP contribution in [-0.2, 0) is 0 Å². The van der Waals surface area contributed by atoms with Crippen LogP contribution in [0.1, 0.15) is 38.7 Å². The number of hydrogen-bond donors (Lipinski definition) is 1. The highest BCUT2D eigenvalue weighted by Crippen LogP contribution is 2.25. The minimum absolute atomic E-state index is 0.216. The molecule has 6 nitrogen and oxygen atoms in total. The standard InChI is InChI=1S/C21H19N5O/c1-14-11-23-20-18(12-24-26(20)13-14)21(27)25-19(16-7-9-22-10-8-16)17-6-4-3-5-15(17)2/h3-13,19H,1-2H3,(H,25,27). The second-order valence-corrected chi connectivity index (χ2v) is 6.50. The van der Waals surface area contributed by atoms with Gasteiger partial charge in [0, 0.05) is 24.8 Å². The minimum Gasteiger partial charge on any atom is -0.341 e. The average Bonchev–Trinajstić information content (AvgIpc) is 3.10. The van der Waals surface area contributed by atoms with Gasteiger partial charge >= 0.3 is 0 Å². The Morgan fingerprint density at radius 3 is 2.63 bits per heavy atom. The van der Waals surface area contributed by atoms with Gasteiger partial charge in [-0.2, -0.15) is 5.10 Å². The summed E-state index contributed by atoms with van der Waals surface area (Å²) in [6.07, 6.45) is 8.59. The number of benzene rings is 1. The summed E-state index contributed by atoms with van der Waals surface area (Å²) in [5.74, 6) is -0.216. The fraction of sp³-hybridized carbons (Fsp3) is 0.143. The second-order valence-electron chi connectivity index (χ2n) is 6.50. The molecule has 3 aromatic heterocycles. The number of aryl methyl sites for hydroxylation is 2. The molecule has 0 aliphatic carbocycles. The van der Waals surface area contributed by atoms with Crippen molar-refractivity contribution >= 4 is 11.6 Å². The van der Waals surface area contributed by atoms with Gasteiger partial charge in [0.15, 0.2) is 5.65 Å². The van der Waals surface area contributed by atoms with Gasteiger partial charge in [0.05, 0.1) is 12.2 Å². The maximum Gasteiger partial charge on any atom is 0.257 e. The van der Waals surface area contributed by atoms with Crippen molar-refractivity contribution in [3.05, 3.63) is 95.2 Å². The van der Waals surface area contributed by atoms with Crippen LogP contribution < -0.4 is 5.32 Å². The number of aromatic nitrogens is 4.